The van der Waals surface area contributed by atoms with Gasteiger partial charge in [0, 0.05) is 17.8 Å². The van der Waals surface area contributed by atoms with E-state index in [9.17, 15) is 9.59 Å². The van der Waals surface area contributed by atoms with E-state index in [0.29, 0.717) is 16.5 Å². The second-order valence-electron chi connectivity index (χ2n) is 6.78. The Balaban J connectivity index is 1.78. The van der Waals surface area contributed by atoms with E-state index in [-0.39, 0.29) is 22.7 Å². The number of allylic oxidation sites excluding steroid dienone is 1. The summed E-state index contributed by atoms with van der Waals surface area (Å²) in [7, 11) is 1.39. The first-order valence-corrected chi connectivity index (χ1v) is 10.4. The summed E-state index contributed by atoms with van der Waals surface area (Å²) < 4.78 is 10.3. The average Bonchev–Trinajstić information content (AvgIpc) is 3.15. The van der Waals surface area contributed by atoms with Gasteiger partial charge in [-0.25, -0.2) is 9.79 Å². The van der Waals surface area contributed by atoms with Gasteiger partial charge in [-0.1, -0.05) is 30.6 Å². The van der Waals surface area contributed by atoms with Gasteiger partial charge in [0.15, 0.2) is 5.76 Å². The van der Waals surface area contributed by atoms with Crippen molar-refractivity contribution >= 4 is 38.9 Å². The smallest absolute Gasteiger partial charge is 0.381 e. The monoisotopic (exact) mass is 432 g/mol. The Kier molecular flexibility index (Phi) is 7.17. The first-order valence-electron chi connectivity index (χ1n) is 9.57. The zero-order chi connectivity index (χ0) is 21.5. The highest BCUT2D eigenvalue weighted by molar-refractivity contribution is 7.18. The molecule has 0 saturated heterocycles. The quantitative estimate of drug-likeness (QED) is 0.566. The second-order valence-corrected chi connectivity index (χ2v) is 7.74. The van der Waals surface area contributed by atoms with E-state index < -0.39 is 11.5 Å². The summed E-state index contributed by atoms with van der Waals surface area (Å²) in [5.74, 6) is -0.721. The Morgan fingerprint density at radius 3 is 2.83 bits per heavy atom. The Morgan fingerprint density at radius 2 is 2.13 bits per heavy atom. The number of anilines is 2. The van der Waals surface area contributed by atoms with Gasteiger partial charge in [0.1, 0.15) is 0 Å². The van der Waals surface area contributed by atoms with Crippen LogP contribution in [0.15, 0.2) is 32.5 Å². The van der Waals surface area contributed by atoms with Crippen molar-refractivity contribution in [3.05, 3.63) is 34.5 Å². The molecule has 1 aliphatic rings. The fraction of sp³-hybridized carbons (Fsp3) is 0.421. The van der Waals surface area contributed by atoms with Crippen molar-refractivity contribution in [1.82, 2.24) is 10.2 Å². The maximum atomic E-state index is 12.6. The molecule has 0 aromatic carbocycles. The van der Waals surface area contributed by atoms with Gasteiger partial charge >= 0.3 is 5.63 Å². The molecule has 0 unspecified atom stereocenters. The molecule has 10 nitrogen and oxygen atoms in total. The van der Waals surface area contributed by atoms with Gasteiger partial charge in [-0.05, 0) is 32.0 Å². The topological polar surface area (TPSA) is 145 Å². The summed E-state index contributed by atoms with van der Waals surface area (Å²) >= 11 is 1.08. The van der Waals surface area contributed by atoms with E-state index in [2.05, 4.69) is 25.8 Å². The number of hydrogen-bond acceptors (Lipinski definition) is 10. The van der Waals surface area contributed by atoms with Crippen LogP contribution in [-0.2, 0) is 0 Å². The molecular weight excluding hydrogens is 408 g/mol. The molecule has 2 heterocycles. The van der Waals surface area contributed by atoms with E-state index in [1.165, 1.54) is 25.8 Å². The third-order valence-corrected chi connectivity index (χ3v) is 5.28. The molecule has 0 bridgehead atoms. The molecule has 4 N–H and O–H groups in total. The van der Waals surface area contributed by atoms with Crippen molar-refractivity contribution in [1.29, 1.82) is 0 Å². The van der Waals surface area contributed by atoms with Crippen LogP contribution >= 0.6 is 11.3 Å². The van der Waals surface area contributed by atoms with Crippen LogP contribution in [-0.4, -0.2) is 35.0 Å². The molecule has 1 amide bonds. The predicted molar refractivity (Wildman–Crippen MR) is 116 cm³/mol. The highest BCUT2D eigenvalue weighted by atomic mass is 32.1. The van der Waals surface area contributed by atoms with Gasteiger partial charge in [0.2, 0.25) is 16.0 Å². The number of nitrogens with two attached hydrogens (primary N) is 1. The number of aromatic nitrogens is 2. The molecule has 2 aromatic heterocycles. The minimum absolute atomic E-state index is 0.0492. The molecule has 0 spiro atoms. The summed E-state index contributed by atoms with van der Waals surface area (Å²) in [6.45, 7) is 1.76. The van der Waals surface area contributed by atoms with Crippen LogP contribution in [0.5, 0.6) is 5.75 Å². The van der Waals surface area contributed by atoms with Gasteiger partial charge < -0.3 is 20.2 Å². The molecule has 2 aromatic rings. The number of nitrogens with one attached hydrogen (secondary N) is 2. The van der Waals surface area contributed by atoms with Gasteiger partial charge in [0.25, 0.3) is 5.91 Å². The maximum absolute atomic E-state index is 12.6. The number of carbonyl (C=O) groups excluding carboxylic acids is 1. The van der Waals surface area contributed by atoms with Crippen molar-refractivity contribution in [2.75, 3.05) is 17.7 Å². The van der Waals surface area contributed by atoms with Crippen LogP contribution in [0.2, 0.25) is 0 Å². The van der Waals surface area contributed by atoms with E-state index in [1.807, 2.05) is 0 Å². The Morgan fingerprint density at radius 1 is 1.37 bits per heavy atom. The number of hydrogen-bond donors (Lipinski definition) is 3. The molecule has 0 aliphatic heterocycles. The zero-order valence-corrected chi connectivity index (χ0v) is 17.6. The number of amides is 1. The van der Waals surface area contributed by atoms with Crippen molar-refractivity contribution in [3.8, 4) is 5.75 Å². The van der Waals surface area contributed by atoms with Crippen molar-refractivity contribution in [2.24, 2.45) is 10.7 Å². The normalized spacial score (nSPS) is 15.3. The molecular formula is C19H24N6O4S. The Bertz CT molecular complexity index is 1010. The molecule has 0 atom stereocenters. The molecule has 160 valence electrons. The van der Waals surface area contributed by atoms with Crippen LogP contribution in [0.25, 0.3) is 0 Å². The number of methoxy groups -OCH3 is 1. The summed E-state index contributed by atoms with van der Waals surface area (Å²) in [5.41, 5.74) is 5.68. The van der Waals surface area contributed by atoms with Gasteiger partial charge in [-0.2, -0.15) is 0 Å². The minimum atomic E-state index is -0.727. The van der Waals surface area contributed by atoms with Crippen LogP contribution < -0.4 is 26.7 Å². The molecule has 11 heteroatoms. The predicted octanol–water partition coefficient (Wildman–Crippen LogP) is 3.06. The molecule has 3 rings (SSSR count). The first-order chi connectivity index (χ1) is 14.5. The third-order valence-electron chi connectivity index (χ3n) is 4.55. The van der Waals surface area contributed by atoms with E-state index in [4.69, 9.17) is 14.9 Å². The number of ether oxygens (including phenoxy) is 1. The lowest BCUT2D eigenvalue weighted by Gasteiger charge is -2.24. The fourth-order valence-electron chi connectivity index (χ4n) is 3.16. The fourth-order valence-corrected chi connectivity index (χ4v) is 3.83. The number of carbonyl (C=O) groups is 1. The number of nitrogens with zero attached hydrogens (tertiary/aromatic N) is 3. The third kappa shape index (κ3) is 5.44. The summed E-state index contributed by atoms with van der Waals surface area (Å²) in [6, 6.07) is 1.69. The highest BCUT2D eigenvalue weighted by Gasteiger charge is 2.21. The van der Waals surface area contributed by atoms with Crippen LogP contribution in [0.4, 0.5) is 16.0 Å². The first kappa shape index (κ1) is 21.5. The molecule has 1 saturated carbocycles. The minimum Gasteiger partial charge on any atom is -0.488 e. The molecule has 1 fully saturated rings. The van der Waals surface area contributed by atoms with Crippen LogP contribution in [0.1, 0.15) is 49.6 Å². The molecule has 1 aliphatic carbocycles. The molecule has 0 radical (unpaired) electrons. The van der Waals surface area contributed by atoms with E-state index >= 15 is 0 Å². The van der Waals surface area contributed by atoms with Gasteiger partial charge in [0.05, 0.1) is 12.8 Å². The van der Waals surface area contributed by atoms with Crippen LogP contribution in [0.3, 0.4) is 0 Å². The SMILES string of the molecule is COc1c(NC2CCCCC2)cc(C(=O)Nc2nnc(/N=C(C)/C=C\N)s2)oc1=O. The Hall–Kier alpha value is -3.21. The largest absolute Gasteiger partial charge is 0.488 e. The van der Waals surface area contributed by atoms with Gasteiger partial charge in [-0.15, -0.1) is 10.2 Å². The lowest BCUT2D eigenvalue weighted by molar-refractivity contribution is 0.0991. The number of rotatable bonds is 7. The lowest BCUT2D eigenvalue weighted by Crippen LogP contribution is -2.24. The average molecular weight is 433 g/mol. The van der Waals surface area contributed by atoms with Crippen molar-refractivity contribution in [3.63, 3.8) is 0 Å². The number of aliphatic imine (C=N–C) groups is 1. The Labute approximate surface area is 177 Å². The second kappa shape index (κ2) is 10.0. The van der Waals surface area contributed by atoms with Gasteiger partial charge in [-0.3, -0.25) is 10.1 Å². The van der Waals surface area contributed by atoms with Crippen LogP contribution in [0, 0.1) is 0 Å². The standard InChI is InChI=1S/C19H24N6O4S/c1-11(8-9-20)21-18-24-25-19(30-18)23-16(26)14-10-13(15(28-2)17(27)29-14)22-12-6-4-3-5-7-12/h8-10,12,22H,3-7,20H2,1-2H3,(H,23,25,26)/b9-8-,21-11+. The zero-order valence-electron chi connectivity index (χ0n) is 16.8. The summed E-state index contributed by atoms with van der Waals surface area (Å²) in [6.07, 6.45) is 8.43. The molecule has 30 heavy (non-hydrogen) atoms. The van der Waals surface area contributed by atoms with E-state index in [1.54, 1.807) is 13.0 Å². The summed E-state index contributed by atoms with van der Waals surface area (Å²) in [4.78, 5) is 29.1. The highest BCUT2D eigenvalue weighted by Crippen LogP contribution is 2.28. The maximum Gasteiger partial charge on any atom is 0.381 e. The van der Waals surface area contributed by atoms with Crippen molar-refractivity contribution < 1.29 is 13.9 Å². The van der Waals surface area contributed by atoms with Crippen molar-refractivity contribution in [2.45, 2.75) is 45.1 Å². The lowest BCUT2D eigenvalue weighted by atomic mass is 9.95. The van der Waals surface area contributed by atoms with E-state index in [0.717, 1.165) is 37.0 Å². The summed E-state index contributed by atoms with van der Waals surface area (Å²) in [5, 5.41) is 14.2.